The highest BCUT2D eigenvalue weighted by Crippen LogP contribution is 2.09. The van der Waals surface area contributed by atoms with Crippen LogP contribution in [0.2, 0.25) is 0 Å². The lowest BCUT2D eigenvalue weighted by Crippen LogP contribution is -2.47. The highest BCUT2D eigenvalue weighted by Gasteiger charge is 2.18. The van der Waals surface area contributed by atoms with Crippen molar-refractivity contribution in [2.75, 3.05) is 13.1 Å². The maximum atomic E-state index is 4.41. The molecule has 1 aromatic rings. The van der Waals surface area contributed by atoms with E-state index in [-0.39, 0.29) is 5.54 Å². The Morgan fingerprint density at radius 2 is 2.05 bits per heavy atom. The maximum Gasteiger partial charge on any atom is 0.0544 e. The molecule has 0 fully saturated rings. The predicted molar refractivity (Wildman–Crippen MR) is 82.2 cm³/mol. The van der Waals surface area contributed by atoms with Crippen molar-refractivity contribution in [2.45, 2.75) is 59.2 Å². The molecule has 0 bridgehead atoms. The van der Waals surface area contributed by atoms with Crippen LogP contribution in [0.15, 0.2) is 24.4 Å². The molecule has 108 valence electrons. The minimum atomic E-state index is 0.221. The summed E-state index contributed by atoms with van der Waals surface area (Å²) in [6, 6.07) is 6.63. The van der Waals surface area contributed by atoms with E-state index in [1.807, 2.05) is 12.3 Å². The Labute approximate surface area is 118 Å². The first-order chi connectivity index (χ1) is 8.98. The minimum Gasteiger partial charge on any atom is -0.310 e. The van der Waals surface area contributed by atoms with E-state index in [1.165, 1.54) is 0 Å². The molecule has 1 rings (SSSR count). The van der Waals surface area contributed by atoms with Gasteiger partial charge in [-0.1, -0.05) is 19.9 Å². The van der Waals surface area contributed by atoms with Gasteiger partial charge < -0.3 is 5.32 Å². The Hall–Kier alpha value is -0.930. The normalized spacial score (nSPS) is 13.8. The van der Waals surface area contributed by atoms with Crippen LogP contribution < -0.4 is 5.32 Å². The maximum absolute atomic E-state index is 4.41. The molecule has 0 aliphatic heterocycles. The summed E-state index contributed by atoms with van der Waals surface area (Å²) >= 11 is 0. The lowest BCUT2D eigenvalue weighted by molar-refractivity contribution is 0.190. The summed E-state index contributed by atoms with van der Waals surface area (Å²) in [6.45, 7) is 14.2. The summed E-state index contributed by atoms with van der Waals surface area (Å²) in [4.78, 5) is 6.87. The zero-order valence-electron chi connectivity index (χ0n) is 13.1. The molecule has 0 aliphatic rings. The van der Waals surface area contributed by atoms with Crippen molar-refractivity contribution in [2.24, 2.45) is 0 Å². The van der Waals surface area contributed by atoms with Gasteiger partial charge in [-0.2, -0.15) is 0 Å². The smallest absolute Gasteiger partial charge is 0.0544 e. The van der Waals surface area contributed by atoms with Gasteiger partial charge in [0.25, 0.3) is 0 Å². The number of rotatable bonds is 8. The number of hydrogen-bond acceptors (Lipinski definition) is 3. The van der Waals surface area contributed by atoms with E-state index in [9.17, 15) is 0 Å². The Bertz CT molecular complexity index is 348. The standard InChI is InChI=1S/C16H29N3/c1-6-16(4,5)18-12-14(3)19(7-2)13-15-10-8-9-11-17-15/h8-11,14,18H,6-7,12-13H2,1-5H3. The highest BCUT2D eigenvalue weighted by atomic mass is 15.2. The predicted octanol–water partition coefficient (Wildman–Crippen LogP) is 3.07. The van der Waals surface area contributed by atoms with Crippen molar-refractivity contribution >= 4 is 0 Å². The van der Waals surface area contributed by atoms with Crippen LogP contribution in [0, 0.1) is 0 Å². The Balaban J connectivity index is 2.50. The molecular weight excluding hydrogens is 234 g/mol. The van der Waals surface area contributed by atoms with E-state index < -0.39 is 0 Å². The summed E-state index contributed by atoms with van der Waals surface area (Å²) in [7, 11) is 0. The van der Waals surface area contributed by atoms with Gasteiger partial charge in [0.1, 0.15) is 0 Å². The van der Waals surface area contributed by atoms with Gasteiger partial charge in [0.15, 0.2) is 0 Å². The lowest BCUT2D eigenvalue weighted by atomic mass is 10.0. The van der Waals surface area contributed by atoms with Crippen molar-refractivity contribution in [3.63, 3.8) is 0 Å². The summed E-state index contributed by atoms with van der Waals surface area (Å²) in [5.74, 6) is 0. The molecule has 3 nitrogen and oxygen atoms in total. The lowest BCUT2D eigenvalue weighted by Gasteiger charge is -2.32. The Kier molecular flexibility index (Phi) is 6.46. The van der Waals surface area contributed by atoms with Crippen LogP contribution in [0.4, 0.5) is 0 Å². The number of likely N-dealkylation sites (N-methyl/N-ethyl adjacent to an activating group) is 1. The monoisotopic (exact) mass is 263 g/mol. The number of nitrogens with zero attached hydrogens (tertiary/aromatic N) is 2. The van der Waals surface area contributed by atoms with Gasteiger partial charge in [0.05, 0.1) is 5.69 Å². The molecule has 1 unspecified atom stereocenters. The molecule has 0 saturated carbocycles. The van der Waals surface area contributed by atoms with Crippen LogP contribution in [0.1, 0.15) is 46.7 Å². The second-order valence-corrected chi connectivity index (χ2v) is 5.85. The molecule has 1 N–H and O–H groups in total. The Morgan fingerprint density at radius 1 is 1.32 bits per heavy atom. The second-order valence-electron chi connectivity index (χ2n) is 5.85. The third kappa shape index (κ3) is 5.70. The summed E-state index contributed by atoms with van der Waals surface area (Å²) in [6.07, 6.45) is 3.01. The molecule has 0 amide bonds. The van der Waals surface area contributed by atoms with E-state index in [0.29, 0.717) is 6.04 Å². The molecule has 19 heavy (non-hydrogen) atoms. The molecule has 0 aliphatic carbocycles. The molecule has 0 spiro atoms. The van der Waals surface area contributed by atoms with Crippen molar-refractivity contribution in [3.05, 3.63) is 30.1 Å². The molecule has 1 atom stereocenters. The molecule has 0 radical (unpaired) electrons. The molecule has 0 aromatic carbocycles. The first-order valence-electron chi connectivity index (χ1n) is 7.37. The fourth-order valence-electron chi connectivity index (χ4n) is 1.96. The zero-order valence-corrected chi connectivity index (χ0v) is 13.1. The summed E-state index contributed by atoms with van der Waals surface area (Å²) in [5, 5.41) is 3.65. The number of nitrogens with one attached hydrogen (secondary N) is 1. The van der Waals surface area contributed by atoms with Crippen molar-refractivity contribution < 1.29 is 0 Å². The van der Waals surface area contributed by atoms with Crippen LogP contribution >= 0.6 is 0 Å². The van der Waals surface area contributed by atoms with Gasteiger partial charge >= 0.3 is 0 Å². The molecular formula is C16H29N3. The van der Waals surface area contributed by atoms with E-state index in [0.717, 1.165) is 31.7 Å². The first-order valence-corrected chi connectivity index (χ1v) is 7.37. The third-order valence-corrected chi connectivity index (χ3v) is 3.88. The van der Waals surface area contributed by atoms with Gasteiger partial charge in [0, 0.05) is 30.9 Å². The SMILES string of the molecule is CCN(Cc1ccccn1)C(C)CNC(C)(C)CC. The van der Waals surface area contributed by atoms with Gasteiger partial charge in [0.2, 0.25) is 0 Å². The summed E-state index contributed by atoms with van der Waals surface area (Å²) < 4.78 is 0. The average Bonchev–Trinajstić information content (AvgIpc) is 2.43. The van der Waals surface area contributed by atoms with E-state index in [1.54, 1.807) is 0 Å². The van der Waals surface area contributed by atoms with Crippen molar-refractivity contribution in [1.29, 1.82) is 0 Å². The van der Waals surface area contributed by atoms with Crippen LogP contribution in [-0.4, -0.2) is 34.6 Å². The molecule has 3 heteroatoms. The minimum absolute atomic E-state index is 0.221. The Morgan fingerprint density at radius 3 is 2.58 bits per heavy atom. The first kappa shape index (κ1) is 16.1. The molecule has 1 aromatic heterocycles. The number of hydrogen-bond donors (Lipinski definition) is 1. The van der Waals surface area contributed by atoms with Crippen molar-refractivity contribution in [3.8, 4) is 0 Å². The molecule has 1 heterocycles. The zero-order chi connectivity index (χ0) is 14.3. The van der Waals surface area contributed by atoms with Gasteiger partial charge in [-0.05, 0) is 45.9 Å². The number of aromatic nitrogens is 1. The second kappa shape index (κ2) is 7.61. The van der Waals surface area contributed by atoms with Crippen LogP contribution in [0.3, 0.4) is 0 Å². The topological polar surface area (TPSA) is 28.2 Å². The van der Waals surface area contributed by atoms with Crippen molar-refractivity contribution in [1.82, 2.24) is 15.2 Å². The highest BCUT2D eigenvalue weighted by molar-refractivity contribution is 5.03. The van der Waals surface area contributed by atoms with E-state index in [2.05, 4.69) is 62.0 Å². The van der Waals surface area contributed by atoms with Crippen LogP contribution in [0.5, 0.6) is 0 Å². The van der Waals surface area contributed by atoms with E-state index >= 15 is 0 Å². The quantitative estimate of drug-likeness (QED) is 0.781. The average molecular weight is 263 g/mol. The third-order valence-electron chi connectivity index (χ3n) is 3.88. The fraction of sp³-hybridized carbons (Fsp3) is 0.688. The van der Waals surface area contributed by atoms with Crippen LogP contribution in [-0.2, 0) is 6.54 Å². The van der Waals surface area contributed by atoms with Gasteiger partial charge in [-0.3, -0.25) is 9.88 Å². The molecule has 0 saturated heterocycles. The summed E-state index contributed by atoms with van der Waals surface area (Å²) in [5.41, 5.74) is 1.37. The van der Waals surface area contributed by atoms with Gasteiger partial charge in [-0.15, -0.1) is 0 Å². The van der Waals surface area contributed by atoms with Crippen LogP contribution in [0.25, 0.3) is 0 Å². The van der Waals surface area contributed by atoms with Gasteiger partial charge in [-0.25, -0.2) is 0 Å². The fourth-order valence-corrected chi connectivity index (χ4v) is 1.96. The largest absolute Gasteiger partial charge is 0.310 e. The van der Waals surface area contributed by atoms with E-state index in [4.69, 9.17) is 0 Å². The number of pyridine rings is 1.